The molecule has 0 radical (unpaired) electrons. The molecule has 0 fully saturated rings. The summed E-state index contributed by atoms with van der Waals surface area (Å²) in [4.78, 5) is 23.6. The molecule has 0 aliphatic carbocycles. The van der Waals surface area contributed by atoms with Gasteiger partial charge in [-0.3, -0.25) is 9.59 Å². The number of hydrogen-bond donors (Lipinski definition) is 2. The first kappa shape index (κ1) is 18.7. The second-order valence-corrected chi connectivity index (χ2v) is 6.31. The van der Waals surface area contributed by atoms with Crippen LogP contribution < -0.4 is 25.0 Å². The van der Waals surface area contributed by atoms with Gasteiger partial charge in [0.25, 0.3) is 0 Å². The van der Waals surface area contributed by atoms with Crippen molar-refractivity contribution >= 4 is 34.0 Å². The minimum Gasteiger partial charge on any atom is -0.497 e. The Morgan fingerprint density at radius 1 is 1.19 bits per heavy atom. The molecule has 0 atom stereocenters. The quantitative estimate of drug-likeness (QED) is 0.426. The molecule has 1 aliphatic rings. The normalized spacial score (nSPS) is 12.1. The number of methoxy groups -OCH3 is 1. The van der Waals surface area contributed by atoms with Crippen molar-refractivity contribution < 1.29 is 23.8 Å². The molecule has 8 nitrogen and oxygen atoms in total. The average molecular weight is 434 g/mol. The Morgan fingerprint density at radius 3 is 2.59 bits per heavy atom. The van der Waals surface area contributed by atoms with Crippen molar-refractivity contribution in [3.8, 4) is 17.2 Å². The molecular weight excluding hydrogens is 418 g/mol. The fourth-order valence-electron chi connectivity index (χ4n) is 2.25. The number of nitrogens with one attached hydrogen (secondary N) is 2. The second-order valence-electron chi connectivity index (χ2n) is 5.46. The maximum Gasteiger partial charge on any atom is 0.329 e. The highest BCUT2D eigenvalue weighted by molar-refractivity contribution is 9.10. The lowest BCUT2D eigenvalue weighted by molar-refractivity contribution is -0.139. The number of nitrogens with zero attached hydrogens (tertiary/aromatic N) is 1. The summed E-state index contributed by atoms with van der Waals surface area (Å²) in [5, 5.41) is 6.32. The van der Waals surface area contributed by atoms with Gasteiger partial charge in [0.05, 0.1) is 13.3 Å². The van der Waals surface area contributed by atoms with E-state index in [1.54, 1.807) is 43.5 Å². The predicted molar refractivity (Wildman–Crippen MR) is 101 cm³/mol. The number of fused-ring (bicyclic) bond motifs is 1. The van der Waals surface area contributed by atoms with Crippen LogP contribution in [0.2, 0.25) is 0 Å². The number of carbonyl (C=O) groups is 2. The van der Waals surface area contributed by atoms with E-state index in [-0.39, 0.29) is 13.3 Å². The molecule has 2 N–H and O–H groups in total. The van der Waals surface area contributed by atoms with Crippen molar-refractivity contribution in [2.75, 3.05) is 13.9 Å². The zero-order valence-electron chi connectivity index (χ0n) is 14.3. The summed E-state index contributed by atoms with van der Waals surface area (Å²) < 4.78 is 16.3. The van der Waals surface area contributed by atoms with Gasteiger partial charge >= 0.3 is 11.8 Å². The molecular formula is C18H16BrN3O5. The Morgan fingerprint density at radius 2 is 1.89 bits per heavy atom. The first-order chi connectivity index (χ1) is 13.1. The summed E-state index contributed by atoms with van der Waals surface area (Å²) in [6, 6.07) is 10.6. The van der Waals surface area contributed by atoms with Crippen LogP contribution in [-0.2, 0) is 16.1 Å². The summed E-state index contributed by atoms with van der Waals surface area (Å²) in [5.74, 6) is 0.278. The van der Waals surface area contributed by atoms with Gasteiger partial charge in [-0.2, -0.15) is 5.10 Å². The number of carbonyl (C=O) groups excluding carboxylic acids is 2. The van der Waals surface area contributed by atoms with Crippen LogP contribution in [0.25, 0.3) is 0 Å². The Balaban J connectivity index is 1.51. The van der Waals surface area contributed by atoms with E-state index in [4.69, 9.17) is 14.2 Å². The first-order valence-corrected chi connectivity index (χ1v) is 8.69. The zero-order valence-corrected chi connectivity index (χ0v) is 15.9. The molecule has 1 heterocycles. The number of rotatable bonds is 5. The lowest BCUT2D eigenvalue weighted by Crippen LogP contribution is -2.37. The number of ether oxygens (including phenoxy) is 3. The molecule has 27 heavy (non-hydrogen) atoms. The number of hydrazone groups is 1. The van der Waals surface area contributed by atoms with Crippen LogP contribution in [-0.4, -0.2) is 31.9 Å². The summed E-state index contributed by atoms with van der Waals surface area (Å²) in [7, 11) is 1.57. The van der Waals surface area contributed by atoms with Crippen LogP contribution in [0.1, 0.15) is 11.1 Å². The molecule has 0 bridgehead atoms. The van der Waals surface area contributed by atoms with Crippen LogP contribution in [0.15, 0.2) is 46.0 Å². The lowest BCUT2D eigenvalue weighted by Gasteiger charge is -2.05. The summed E-state index contributed by atoms with van der Waals surface area (Å²) in [6.45, 7) is 0.376. The van der Waals surface area contributed by atoms with E-state index in [0.717, 1.165) is 5.56 Å². The molecule has 2 aromatic rings. The van der Waals surface area contributed by atoms with E-state index in [9.17, 15) is 9.59 Å². The molecule has 0 saturated heterocycles. The van der Waals surface area contributed by atoms with Crippen molar-refractivity contribution in [3.05, 3.63) is 52.0 Å². The first-order valence-electron chi connectivity index (χ1n) is 7.90. The van der Waals surface area contributed by atoms with Crippen molar-refractivity contribution in [1.82, 2.24) is 10.7 Å². The highest BCUT2D eigenvalue weighted by atomic mass is 79.9. The van der Waals surface area contributed by atoms with Gasteiger partial charge in [-0.05, 0) is 45.8 Å². The second kappa shape index (κ2) is 8.54. The van der Waals surface area contributed by atoms with Crippen molar-refractivity contribution in [1.29, 1.82) is 0 Å². The largest absolute Gasteiger partial charge is 0.497 e. The van der Waals surface area contributed by atoms with Gasteiger partial charge in [-0.15, -0.1) is 0 Å². The van der Waals surface area contributed by atoms with E-state index >= 15 is 0 Å². The van der Waals surface area contributed by atoms with E-state index in [2.05, 4.69) is 31.8 Å². The highest BCUT2D eigenvalue weighted by Gasteiger charge is 2.16. The average Bonchev–Trinajstić information content (AvgIpc) is 3.13. The number of hydrogen-bond acceptors (Lipinski definition) is 6. The molecule has 0 aromatic heterocycles. The maximum absolute atomic E-state index is 11.8. The van der Waals surface area contributed by atoms with E-state index < -0.39 is 11.8 Å². The minimum absolute atomic E-state index is 0.160. The summed E-state index contributed by atoms with van der Waals surface area (Å²) in [5.41, 5.74) is 3.69. The third-order valence-corrected chi connectivity index (χ3v) is 4.37. The van der Waals surface area contributed by atoms with Crippen LogP contribution in [0.3, 0.4) is 0 Å². The predicted octanol–water partition coefficient (Wildman–Crippen LogP) is 1.95. The van der Waals surface area contributed by atoms with Crippen LogP contribution >= 0.6 is 15.9 Å². The van der Waals surface area contributed by atoms with Gasteiger partial charge in [-0.1, -0.05) is 12.1 Å². The highest BCUT2D eigenvalue weighted by Crippen LogP contribution is 2.36. The van der Waals surface area contributed by atoms with Crippen LogP contribution in [0.4, 0.5) is 0 Å². The van der Waals surface area contributed by atoms with Crippen molar-refractivity contribution in [2.45, 2.75) is 6.54 Å². The van der Waals surface area contributed by atoms with Gasteiger partial charge in [0.1, 0.15) is 5.75 Å². The fraction of sp³-hybridized carbons (Fsp3) is 0.167. The van der Waals surface area contributed by atoms with Gasteiger partial charge in [-0.25, -0.2) is 5.43 Å². The Kier molecular flexibility index (Phi) is 5.92. The number of amides is 2. The summed E-state index contributed by atoms with van der Waals surface area (Å²) in [6.07, 6.45) is 1.40. The van der Waals surface area contributed by atoms with Gasteiger partial charge in [0.2, 0.25) is 6.79 Å². The number of benzene rings is 2. The maximum atomic E-state index is 11.8. The molecule has 1 aliphatic heterocycles. The van der Waals surface area contributed by atoms with Gasteiger partial charge in [0, 0.05) is 16.6 Å². The van der Waals surface area contributed by atoms with Crippen molar-refractivity contribution in [3.63, 3.8) is 0 Å². The summed E-state index contributed by atoms with van der Waals surface area (Å²) >= 11 is 3.38. The van der Waals surface area contributed by atoms with Crippen LogP contribution in [0, 0.1) is 0 Å². The molecule has 9 heteroatoms. The lowest BCUT2D eigenvalue weighted by atomic mass is 10.2. The third kappa shape index (κ3) is 4.76. The standard InChI is InChI=1S/C18H16BrN3O5/c1-25-13-4-2-11(3-5-13)8-20-17(23)18(24)22-21-9-12-6-15-16(7-14(12)19)27-10-26-15/h2-7,9H,8,10H2,1H3,(H,20,23)(H,22,24)/b21-9-. The molecule has 0 spiro atoms. The monoisotopic (exact) mass is 433 g/mol. The minimum atomic E-state index is -0.864. The SMILES string of the molecule is COc1ccc(CNC(=O)C(=O)N/N=C\c2cc3c(cc2Br)OCO3)cc1. The smallest absolute Gasteiger partial charge is 0.329 e. The molecule has 3 rings (SSSR count). The Bertz CT molecular complexity index is 883. The molecule has 0 saturated carbocycles. The van der Waals surface area contributed by atoms with Crippen LogP contribution in [0.5, 0.6) is 17.2 Å². The Hall–Kier alpha value is -3.07. The molecule has 0 unspecified atom stereocenters. The fourth-order valence-corrected chi connectivity index (χ4v) is 2.67. The zero-order chi connectivity index (χ0) is 19.2. The van der Waals surface area contributed by atoms with Crippen molar-refractivity contribution in [2.24, 2.45) is 5.10 Å². The van der Waals surface area contributed by atoms with E-state index in [1.165, 1.54) is 6.21 Å². The van der Waals surface area contributed by atoms with E-state index in [0.29, 0.717) is 27.3 Å². The van der Waals surface area contributed by atoms with Gasteiger partial charge < -0.3 is 19.5 Å². The van der Waals surface area contributed by atoms with Gasteiger partial charge in [0.15, 0.2) is 11.5 Å². The molecule has 2 amide bonds. The Labute approximate surface area is 163 Å². The topological polar surface area (TPSA) is 98.2 Å². The molecule has 2 aromatic carbocycles. The third-order valence-electron chi connectivity index (χ3n) is 3.68. The van der Waals surface area contributed by atoms with E-state index in [1.807, 2.05) is 0 Å². The molecule has 140 valence electrons. The number of halogens is 1.